The molecule has 4 rings (SSSR count). The van der Waals surface area contributed by atoms with Crippen molar-refractivity contribution in [3.8, 4) is 17.1 Å². The van der Waals surface area contributed by atoms with Gasteiger partial charge in [0.05, 0.1) is 37.5 Å². The predicted molar refractivity (Wildman–Crippen MR) is 154 cm³/mol. The summed E-state index contributed by atoms with van der Waals surface area (Å²) in [5, 5.41) is 3.28. The topological polar surface area (TPSA) is 150 Å². The van der Waals surface area contributed by atoms with Crippen LogP contribution in [-0.2, 0) is 11.3 Å². The van der Waals surface area contributed by atoms with Crippen LogP contribution in [0.1, 0.15) is 31.0 Å². The number of ether oxygens (including phenoxy) is 2. The summed E-state index contributed by atoms with van der Waals surface area (Å²) < 4.78 is 11.2. The van der Waals surface area contributed by atoms with Crippen molar-refractivity contribution >= 4 is 23.4 Å². The van der Waals surface area contributed by atoms with Crippen LogP contribution < -0.4 is 21.5 Å². The Balaban J connectivity index is 1.34. The normalized spacial score (nSPS) is 14.5. The third-order valence-corrected chi connectivity index (χ3v) is 6.20. The van der Waals surface area contributed by atoms with Gasteiger partial charge in [-0.05, 0) is 18.1 Å². The Kier molecular flexibility index (Phi) is 10.6. The van der Waals surface area contributed by atoms with Gasteiger partial charge in [0, 0.05) is 56.3 Å². The number of nitrogens with zero attached hydrogens (tertiary/aromatic N) is 6. The van der Waals surface area contributed by atoms with E-state index in [2.05, 4.69) is 42.1 Å². The fourth-order valence-corrected chi connectivity index (χ4v) is 3.94. The van der Waals surface area contributed by atoms with Crippen molar-refractivity contribution in [1.82, 2.24) is 24.8 Å². The number of unbranched alkanes of at least 4 members (excludes halogenated alkanes) is 1. The third-order valence-electron chi connectivity index (χ3n) is 6.20. The Morgan fingerprint density at radius 1 is 1.18 bits per heavy atom. The van der Waals surface area contributed by atoms with Gasteiger partial charge in [0.2, 0.25) is 0 Å². The number of nitrogens with two attached hydrogens (primary N) is 2. The smallest absolute Gasteiger partial charge is 0.169 e. The van der Waals surface area contributed by atoms with E-state index in [4.69, 9.17) is 20.9 Å². The second kappa shape index (κ2) is 14.7. The summed E-state index contributed by atoms with van der Waals surface area (Å²) in [6.45, 7) is 8.24. The van der Waals surface area contributed by atoms with Crippen molar-refractivity contribution in [2.24, 2.45) is 10.7 Å². The van der Waals surface area contributed by atoms with Gasteiger partial charge in [0.1, 0.15) is 6.61 Å². The van der Waals surface area contributed by atoms with Gasteiger partial charge >= 0.3 is 0 Å². The van der Waals surface area contributed by atoms with E-state index in [0.717, 1.165) is 63.4 Å². The summed E-state index contributed by atoms with van der Waals surface area (Å²) in [6, 6.07) is 7.98. The van der Waals surface area contributed by atoms with E-state index in [1.54, 1.807) is 24.8 Å². The molecule has 5 N–H and O–H groups in total. The predicted octanol–water partition coefficient (Wildman–Crippen LogP) is 3.01. The SMILES string of the molecule is CCCCN=CC(=CN)c1cnc(N)c(NCc2cccc(-c3ncc(OCCN4CCOCC4)cn3)c2)n1. The van der Waals surface area contributed by atoms with Crippen LogP contribution in [0.4, 0.5) is 11.6 Å². The molecule has 1 aliphatic rings. The molecule has 206 valence electrons. The monoisotopic (exact) mass is 531 g/mol. The van der Waals surface area contributed by atoms with Crippen LogP contribution in [-0.4, -0.2) is 77.1 Å². The lowest BCUT2D eigenvalue weighted by atomic mass is 10.1. The van der Waals surface area contributed by atoms with Gasteiger partial charge < -0.3 is 26.3 Å². The molecule has 1 saturated heterocycles. The van der Waals surface area contributed by atoms with E-state index in [-0.39, 0.29) is 0 Å². The van der Waals surface area contributed by atoms with Crippen LogP contribution in [0.2, 0.25) is 0 Å². The molecule has 3 aromatic rings. The van der Waals surface area contributed by atoms with Crippen molar-refractivity contribution in [3.05, 3.63) is 60.3 Å². The van der Waals surface area contributed by atoms with Crippen molar-refractivity contribution < 1.29 is 9.47 Å². The standard InChI is InChI=1S/C28H37N9O2/c1-2-3-7-31-17-23(15-29)25-20-32-26(30)28(36-25)33-16-21-5-4-6-22(14-21)27-34-18-24(19-35-27)39-13-10-37-8-11-38-12-9-37/h4-6,14-15,17-20H,2-3,7-13,16,29H2,1H3,(H2,30,32)(H,33,36). The van der Waals surface area contributed by atoms with Crippen molar-refractivity contribution in [2.75, 3.05) is 57.1 Å². The van der Waals surface area contributed by atoms with Gasteiger partial charge in [-0.1, -0.05) is 31.5 Å². The maximum absolute atomic E-state index is 6.09. The van der Waals surface area contributed by atoms with Crippen LogP contribution >= 0.6 is 0 Å². The summed E-state index contributed by atoms with van der Waals surface area (Å²) in [7, 11) is 0. The largest absolute Gasteiger partial charge is 0.489 e. The summed E-state index contributed by atoms with van der Waals surface area (Å²) in [5.41, 5.74) is 15.1. The quantitative estimate of drug-likeness (QED) is 0.222. The van der Waals surface area contributed by atoms with E-state index >= 15 is 0 Å². The fourth-order valence-electron chi connectivity index (χ4n) is 3.94. The average molecular weight is 532 g/mol. The molecule has 1 fully saturated rings. The first kappa shape index (κ1) is 27.9. The molecule has 0 radical (unpaired) electrons. The molecule has 3 heterocycles. The fraction of sp³-hybridized carbons (Fsp3) is 0.393. The number of benzene rings is 1. The average Bonchev–Trinajstić information content (AvgIpc) is 2.98. The first-order valence-corrected chi connectivity index (χ1v) is 13.3. The number of hydrogen-bond donors (Lipinski definition) is 3. The second-order valence-corrected chi connectivity index (χ2v) is 9.10. The molecular formula is C28H37N9O2. The molecule has 1 aromatic carbocycles. The number of aromatic nitrogens is 4. The molecule has 11 heteroatoms. The molecule has 0 spiro atoms. The lowest BCUT2D eigenvalue weighted by Gasteiger charge is -2.26. The zero-order valence-corrected chi connectivity index (χ0v) is 22.4. The Morgan fingerprint density at radius 2 is 2.00 bits per heavy atom. The van der Waals surface area contributed by atoms with Crippen LogP contribution in [0.3, 0.4) is 0 Å². The highest BCUT2D eigenvalue weighted by molar-refractivity contribution is 6.08. The van der Waals surface area contributed by atoms with Crippen molar-refractivity contribution in [2.45, 2.75) is 26.3 Å². The minimum Gasteiger partial charge on any atom is -0.489 e. The lowest BCUT2D eigenvalue weighted by Crippen LogP contribution is -2.38. The number of anilines is 2. The molecule has 11 nitrogen and oxygen atoms in total. The Morgan fingerprint density at radius 3 is 2.77 bits per heavy atom. The molecule has 0 unspecified atom stereocenters. The van der Waals surface area contributed by atoms with E-state index in [1.165, 1.54) is 6.20 Å². The van der Waals surface area contributed by atoms with E-state index in [1.807, 2.05) is 24.3 Å². The van der Waals surface area contributed by atoms with Crippen LogP contribution in [0, 0.1) is 0 Å². The van der Waals surface area contributed by atoms with E-state index in [0.29, 0.717) is 47.6 Å². The Bertz CT molecular complexity index is 1240. The summed E-state index contributed by atoms with van der Waals surface area (Å²) in [6.07, 6.45) is 10.3. The summed E-state index contributed by atoms with van der Waals surface area (Å²) >= 11 is 0. The number of aliphatic imine (C=N–C) groups is 1. The van der Waals surface area contributed by atoms with Crippen molar-refractivity contribution in [1.29, 1.82) is 0 Å². The van der Waals surface area contributed by atoms with Gasteiger partial charge in [-0.25, -0.2) is 19.9 Å². The number of allylic oxidation sites excluding steroid dienone is 1. The van der Waals surface area contributed by atoms with Gasteiger partial charge in [-0.3, -0.25) is 9.89 Å². The zero-order chi connectivity index (χ0) is 27.3. The third kappa shape index (κ3) is 8.45. The minimum absolute atomic E-state index is 0.307. The van der Waals surface area contributed by atoms with Gasteiger partial charge in [-0.2, -0.15) is 0 Å². The zero-order valence-electron chi connectivity index (χ0n) is 22.4. The summed E-state index contributed by atoms with van der Waals surface area (Å²) in [5.74, 6) is 2.06. The molecule has 39 heavy (non-hydrogen) atoms. The van der Waals surface area contributed by atoms with Gasteiger partial charge in [0.15, 0.2) is 23.2 Å². The highest BCUT2D eigenvalue weighted by Gasteiger charge is 2.11. The molecule has 2 aromatic heterocycles. The number of morpholine rings is 1. The summed E-state index contributed by atoms with van der Waals surface area (Å²) in [4.78, 5) is 24.6. The number of hydrogen-bond acceptors (Lipinski definition) is 11. The van der Waals surface area contributed by atoms with E-state index in [9.17, 15) is 0 Å². The van der Waals surface area contributed by atoms with Crippen LogP contribution in [0.5, 0.6) is 5.75 Å². The van der Waals surface area contributed by atoms with Gasteiger partial charge in [-0.15, -0.1) is 0 Å². The molecule has 0 bridgehead atoms. The van der Waals surface area contributed by atoms with Gasteiger partial charge in [0.25, 0.3) is 0 Å². The molecule has 0 amide bonds. The molecular weight excluding hydrogens is 494 g/mol. The number of nitrogens with one attached hydrogen (secondary N) is 1. The Labute approximate surface area is 229 Å². The second-order valence-electron chi connectivity index (χ2n) is 9.10. The maximum atomic E-state index is 6.09. The first-order valence-electron chi connectivity index (χ1n) is 13.3. The highest BCUT2D eigenvalue weighted by atomic mass is 16.5. The van der Waals surface area contributed by atoms with E-state index < -0.39 is 0 Å². The number of rotatable bonds is 13. The molecule has 0 aliphatic carbocycles. The minimum atomic E-state index is 0.307. The molecule has 0 saturated carbocycles. The Hall–Kier alpha value is -4.09. The van der Waals surface area contributed by atoms with Crippen molar-refractivity contribution in [3.63, 3.8) is 0 Å². The van der Waals surface area contributed by atoms with Crippen LogP contribution in [0.15, 0.2) is 54.0 Å². The number of nitrogen functional groups attached to an aromatic ring is 1. The first-order chi connectivity index (χ1) is 19.2. The van der Waals surface area contributed by atoms with Crippen LogP contribution in [0.25, 0.3) is 17.0 Å². The molecule has 1 aliphatic heterocycles. The highest BCUT2D eigenvalue weighted by Crippen LogP contribution is 2.21. The molecule has 0 atom stereocenters. The maximum Gasteiger partial charge on any atom is 0.169 e. The lowest BCUT2D eigenvalue weighted by molar-refractivity contribution is 0.0322.